The van der Waals surface area contributed by atoms with Crippen molar-refractivity contribution in [2.75, 3.05) is 13.1 Å². The lowest BCUT2D eigenvalue weighted by Crippen LogP contribution is -2.44. The minimum Gasteiger partial charge on any atom is -0.298 e. The lowest BCUT2D eigenvalue weighted by atomic mass is 9.92. The number of nitrogens with zero attached hydrogens (tertiary/aromatic N) is 1. The summed E-state index contributed by atoms with van der Waals surface area (Å²) in [4.78, 5) is 14.3. The molecule has 15 heavy (non-hydrogen) atoms. The Hall–Kier alpha value is -0.370. The summed E-state index contributed by atoms with van der Waals surface area (Å²) < 4.78 is 0. The van der Waals surface area contributed by atoms with Crippen molar-refractivity contribution >= 4 is 5.78 Å². The van der Waals surface area contributed by atoms with Gasteiger partial charge in [-0.2, -0.15) is 0 Å². The van der Waals surface area contributed by atoms with Gasteiger partial charge in [-0.1, -0.05) is 13.3 Å². The van der Waals surface area contributed by atoms with E-state index >= 15 is 0 Å². The highest BCUT2D eigenvalue weighted by atomic mass is 16.1. The quantitative estimate of drug-likeness (QED) is 0.693. The molecule has 0 heterocycles. The summed E-state index contributed by atoms with van der Waals surface area (Å²) in [6, 6.07) is 0.277. The summed E-state index contributed by atoms with van der Waals surface area (Å²) in [6.45, 7) is 4.52. The van der Waals surface area contributed by atoms with Crippen LogP contribution >= 0.6 is 0 Å². The normalized spacial score (nSPS) is 27.3. The van der Waals surface area contributed by atoms with Crippen LogP contribution < -0.4 is 0 Å². The third kappa shape index (κ3) is 3.04. The maximum Gasteiger partial charge on any atom is 0.149 e. The molecule has 2 aliphatic carbocycles. The van der Waals surface area contributed by atoms with Crippen LogP contribution in [0.3, 0.4) is 0 Å². The fourth-order valence-electron chi connectivity index (χ4n) is 2.64. The number of hydrogen-bond acceptors (Lipinski definition) is 2. The van der Waals surface area contributed by atoms with Crippen molar-refractivity contribution in [2.24, 2.45) is 5.92 Å². The van der Waals surface area contributed by atoms with Crippen LogP contribution in [0.5, 0.6) is 0 Å². The van der Waals surface area contributed by atoms with Crippen LogP contribution in [0.1, 0.15) is 51.9 Å². The zero-order valence-electron chi connectivity index (χ0n) is 9.87. The minimum absolute atomic E-state index is 0.277. The lowest BCUT2D eigenvalue weighted by molar-refractivity contribution is -0.126. The highest BCUT2D eigenvalue weighted by molar-refractivity contribution is 5.84. The number of ketones is 1. The Morgan fingerprint density at radius 1 is 1.27 bits per heavy atom. The molecule has 2 aliphatic rings. The van der Waals surface area contributed by atoms with Gasteiger partial charge in [0.1, 0.15) is 5.78 Å². The first-order valence-electron chi connectivity index (χ1n) is 6.58. The summed E-state index contributed by atoms with van der Waals surface area (Å²) >= 11 is 0. The van der Waals surface area contributed by atoms with Gasteiger partial charge >= 0.3 is 0 Å². The second kappa shape index (κ2) is 5.11. The molecule has 0 aliphatic heterocycles. The van der Waals surface area contributed by atoms with Gasteiger partial charge < -0.3 is 0 Å². The molecule has 2 fully saturated rings. The fourth-order valence-corrected chi connectivity index (χ4v) is 2.64. The van der Waals surface area contributed by atoms with Crippen molar-refractivity contribution in [3.8, 4) is 0 Å². The summed E-state index contributed by atoms with van der Waals surface area (Å²) in [5, 5.41) is 0. The number of Topliss-reactive ketones (excluding diaryl/α,β-unsaturated/α-hetero) is 1. The highest BCUT2D eigenvalue weighted by Gasteiger charge is 2.32. The average Bonchev–Trinajstić information content (AvgIpc) is 3.02. The van der Waals surface area contributed by atoms with E-state index in [0.717, 1.165) is 31.7 Å². The number of rotatable bonds is 5. The molecule has 0 bridgehead atoms. The van der Waals surface area contributed by atoms with Crippen molar-refractivity contribution < 1.29 is 4.79 Å². The zero-order chi connectivity index (χ0) is 10.7. The van der Waals surface area contributed by atoms with Gasteiger partial charge in [-0.25, -0.2) is 0 Å². The third-order valence-corrected chi connectivity index (χ3v) is 3.66. The van der Waals surface area contributed by atoms with Gasteiger partial charge in [0.25, 0.3) is 0 Å². The first-order valence-corrected chi connectivity index (χ1v) is 6.58. The second-order valence-corrected chi connectivity index (χ2v) is 5.17. The van der Waals surface area contributed by atoms with E-state index in [-0.39, 0.29) is 6.04 Å². The van der Waals surface area contributed by atoms with E-state index in [0.29, 0.717) is 5.78 Å². The van der Waals surface area contributed by atoms with Gasteiger partial charge in [0.15, 0.2) is 0 Å². The molecule has 2 rings (SSSR count). The predicted octanol–water partition coefficient (Wildman–Crippen LogP) is 2.62. The molecule has 2 saturated carbocycles. The van der Waals surface area contributed by atoms with Gasteiger partial charge in [0, 0.05) is 13.0 Å². The summed E-state index contributed by atoms with van der Waals surface area (Å²) in [5.74, 6) is 1.42. The van der Waals surface area contributed by atoms with E-state index in [9.17, 15) is 4.79 Å². The molecule has 0 aromatic heterocycles. The molecular weight excluding hydrogens is 186 g/mol. The molecule has 0 spiro atoms. The van der Waals surface area contributed by atoms with Crippen molar-refractivity contribution in [1.82, 2.24) is 4.90 Å². The molecule has 0 aromatic rings. The molecule has 0 aromatic carbocycles. The second-order valence-electron chi connectivity index (χ2n) is 5.17. The first kappa shape index (κ1) is 11.1. The monoisotopic (exact) mass is 209 g/mol. The molecule has 0 radical (unpaired) electrons. The van der Waals surface area contributed by atoms with Crippen LogP contribution in [0.25, 0.3) is 0 Å². The topological polar surface area (TPSA) is 20.3 Å². The van der Waals surface area contributed by atoms with E-state index in [4.69, 9.17) is 0 Å². The van der Waals surface area contributed by atoms with E-state index in [2.05, 4.69) is 11.8 Å². The van der Waals surface area contributed by atoms with Crippen LogP contribution in [0.15, 0.2) is 0 Å². The third-order valence-electron chi connectivity index (χ3n) is 3.66. The Balaban J connectivity index is 1.91. The number of hydrogen-bond donors (Lipinski definition) is 0. The number of carbonyl (C=O) groups is 1. The van der Waals surface area contributed by atoms with Crippen LogP contribution in [0.2, 0.25) is 0 Å². The van der Waals surface area contributed by atoms with Gasteiger partial charge in [-0.3, -0.25) is 9.69 Å². The molecule has 0 N–H and O–H groups in total. The molecule has 1 atom stereocenters. The Morgan fingerprint density at radius 3 is 2.67 bits per heavy atom. The molecule has 2 heteroatoms. The lowest BCUT2D eigenvalue weighted by Gasteiger charge is -2.33. The van der Waals surface area contributed by atoms with Gasteiger partial charge in [0.05, 0.1) is 6.04 Å². The molecule has 0 saturated heterocycles. The summed E-state index contributed by atoms with van der Waals surface area (Å²) in [5.41, 5.74) is 0. The molecular formula is C13H23NO. The van der Waals surface area contributed by atoms with E-state index in [1.165, 1.54) is 32.2 Å². The largest absolute Gasteiger partial charge is 0.298 e. The maximum absolute atomic E-state index is 11.9. The smallest absolute Gasteiger partial charge is 0.149 e. The van der Waals surface area contributed by atoms with Gasteiger partial charge in [0.2, 0.25) is 0 Å². The molecule has 2 nitrogen and oxygen atoms in total. The average molecular weight is 209 g/mol. The zero-order valence-corrected chi connectivity index (χ0v) is 9.87. The van der Waals surface area contributed by atoms with Crippen LogP contribution in [0, 0.1) is 5.92 Å². The fraction of sp³-hybridized carbons (Fsp3) is 0.923. The SMILES string of the molecule is CCCN(CC1CC1)C1CCCCC1=O. The Morgan fingerprint density at radius 2 is 2.07 bits per heavy atom. The summed E-state index contributed by atoms with van der Waals surface area (Å²) in [6.07, 6.45) is 8.28. The summed E-state index contributed by atoms with van der Waals surface area (Å²) in [7, 11) is 0. The highest BCUT2D eigenvalue weighted by Crippen LogP contribution is 2.31. The van der Waals surface area contributed by atoms with Crippen molar-refractivity contribution in [3.05, 3.63) is 0 Å². The van der Waals surface area contributed by atoms with Crippen LogP contribution in [-0.2, 0) is 4.79 Å². The van der Waals surface area contributed by atoms with E-state index in [1.807, 2.05) is 0 Å². The molecule has 1 unspecified atom stereocenters. The Labute approximate surface area is 93.0 Å². The standard InChI is InChI=1S/C13H23NO/c1-2-9-14(10-11-7-8-11)12-5-3-4-6-13(12)15/h11-12H,2-10H2,1H3. The predicted molar refractivity (Wildman–Crippen MR) is 61.9 cm³/mol. The first-order chi connectivity index (χ1) is 7.31. The van der Waals surface area contributed by atoms with Crippen molar-refractivity contribution in [1.29, 1.82) is 0 Å². The maximum atomic E-state index is 11.9. The molecule has 0 amide bonds. The minimum atomic E-state index is 0.277. The number of carbonyl (C=O) groups excluding carboxylic acids is 1. The van der Waals surface area contributed by atoms with Gasteiger partial charge in [-0.05, 0) is 44.6 Å². The Bertz CT molecular complexity index is 223. The van der Waals surface area contributed by atoms with Crippen LogP contribution in [0.4, 0.5) is 0 Å². The van der Waals surface area contributed by atoms with Crippen molar-refractivity contribution in [3.63, 3.8) is 0 Å². The van der Waals surface area contributed by atoms with E-state index in [1.54, 1.807) is 0 Å². The van der Waals surface area contributed by atoms with Crippen LogP contribution in [-0.4, -0.2) is 29.8 Å². The van der Waals surface area contributed by atoms with Crippen molar-refractivity contribution in [2.45, 2.75) is 57.9 Å². The Kier molecular flexibility index (Phi) is 3.79. The molecule has 86 valence electrons. The van der Waals surface area contributed by atoms with E-state index < -0.39 is 0 Å². The van der Waals surface area contributed by atoms with Gasteiger partial charge in [-0.15, -0.1) is 0 Å².